The molecule has 6 heteroatoms. The van der Waals surface area contributed by atoms with E-state index in [9.17, 15) is 14.4 Å². The van der Waals surface area contributed by atoms with E-state index in [0.29, 0.717) is 32.2 Å². The smallest absolute Gasteiger partial charge is 0.252 e. The van der Waals surface area contributed by atoms with Crippen molar-refractivity contribution < 1.29 is 14.4 Å². The van der Waals surface area contributed by atoms with Crippen LogP contribution < -0.4 is 11.3 Å². The number of nitrogens with one attached hydrogen (secondary N) is 1. The van der Waals surface area contributed by atoms with Crippen molar-refractivity contribution in [3.63, 3.8) is 0 Å². The van der Waals surface area contributed by atoms with E-state index >= 15 is 0 Å². The number of nitrogens with two attached hydrogens (primary N) is 1. The number of carbonyl (C=O) groups is 3. The molecule has 0 aliphatic rings. The molecule has 0 radical (unpaired) electrons. The van der Waals surface area contributed by atoms with Crippen LogP contribution in [0.1, 0.15) is 25.7 Å². The summed E-state index contributed by atoms with van der Waals surface area (Å²) in [4.78, 5) is 33.4. The first-order valence-corrected chi connectivity index (χ1v) is 5.03. The summed E-state index contributed by atoms with van der Waals surface area (Å²) in [6.07, 6.45) is 4.02. The molecule has 0 aromatic carbocycles. The summed E-state index contributed by atoms with van der Waals surface area (Å²) in [6.45, 7) is 3.64. The third-order valence-corrected chi connectivity index (χ3v) is 2.05. The number of amides is 3. The first-order chi connectivity index (χ1) is 7.65. The van der Waals surface area contributed by atoms with E-state index < -0.39 is 5.91 Å². The third-order valence-electron chi connectivity index (χ3n) is 2.05. The van der Waals surface area contributed by atoms with Gasteiger partial charge in [0.2, 0.25) is 12.3 Å². The molecule has 0 aliphatic carbocycles. The van der Waals surface area contributed by atoms with Crippen LogP contribution in [0.4, 0.5) is 0 Å². The van der Waals surface area contributed by atoms with Crippen molar-refractivity contribution in [3.05, 3.63) is 12.7 Å². The van der Waals surface area contributed by atoms with Gasteiger partial charge in [-0.2, -0.15) is 0 Å². The molecule has 0 spiro atoms. The molecular formula is C10H17N3O3. The van der Waals surface area contributed by atoms with Crippen molar-refractivity contribution in [2.24, 2.45) is 5.84 Å². The van der Waals surface area contributed by atoms with Crippen LogP contribution in [0.2, 0.25) is 0 Å². The maximum Gasteiger partial charge on any atom is 0.252 e. The number of rotatable bonds is 8. The van der Waals surface area contributed by atoms with Crippen LogP contribution in [-0.2, 0) is 14.4 Å². The van der Waals surface area contributed by atoms with Gasteiger partial charge in [0.05, 0.1) is 0 Å². The molecule has 0 bridgehead atoms. The lowest BCUT2D eigenvalue weighted by Crippen LogP contribution is -2.30. The van der Waals surface area contributed by atoms with Gasteiger partial charge in [0.25, 0.3) is 5.91 Å². The van der Waals surface area contributed by atoms with E-state index in [0.717, 1.165) is 17.4 Å². The Bertz CT molecular complexity index is 266. The van der Waals surface area contributed by atoms with Crippen LogP contribution in [0.5, 0.6) is 0 Å². The molecule has 0 heterocycles. The molecule has 0 aliphatic heterocycles. The first kappa shape index (κ1) is 14.3. The lowest BCUT2D eigenvalue weighted by Gasteiger charge is -2.12. The normalized spacial score (nSPS) is 9.31. The van der Waals surface area contributed by atoms with E-state index in [2.05, 4.69) is 6.58 Å². The fourth-order valence-corrected chi connectivity index (χ4v) is 1.15. The average molecular weight is 227 g/mol. The Labute approximate surface area is 94.4 Å². The van der Waals surface area contributed by atoms with Gasteiger partial charge in [-0.15, -0.1) is 0 Å². The highest BCUT2D eigenvalue weighted by Crippen LogP contribution is 2.01. The maximum absolute atomic E-state index is 11.1. The summed E-state index contributed by atoms with van der Waals surface area (Å²) in [5.41, 5.74) is 2.03. The van der Waals surface area contributed by atoms with E-state index in [4.69, 9.17) is 5.84 Å². The standard InChI is InChI=1S/C10H17N3O3/c1-2-10(16)13(8-14)7-5-3-4-6-9(15)12-11/h2,8H,1,3-7,11H2,(H,12,15). The molecule has 90 valence electrons. The fourth-order valence-electron chi connectivity index (χ4n) is 1.15. The second-order valence-electron chi connectivity index (χ2n) is 3.22. The summed E-state index contributed by atoms with van der Waals surface area (Å²) < 4.78 is 0. The Hall–Kier alpha value is -1.69. The summed E-state index contributed by atoms with van der Waals surface area (Å²) in [5.74, 6) is 4.28. The molecular weight excluding hydrogens is 210 g/mol. The average Bonchev–Trinajstić information content (AvgIpc) is 2.32. The van der Waals surface area contributed by atoms with E-state index in [-0.39, 0.29) is 5.91 Å². The Balaban J connectivity index is 3.63. The number of nitrogens with zero attached hydrogens (tertiary/aromatic N) is 1. The molecule has 3 N–H and O–H groups in total. The minimum absolute atomic E-state index is 0.214. The molecule has 3 amide bonds. The highest BCUT2D eigenvalue weighted by Gasteiger charge is 2.07. The van der Waals surface area contributed by atoms with Gasteiger partial charge in [0, 0.05) is 13.0 Å². The van der Waals surface area contributed by atoms with Crippen LogP contribution >= 0.6 is 0 Å². The van der Waals surface area contributed by atoms with Crippen molar-refractivity contribution >= 4 is 18.2 Å². The zero-order chi connectivity index (χ0) is 12.4. The maximum atomic E-state index is 11.1. The summed E-state index contributed by atoms with van der Waals surface area (Å²) in [6, 6.07) is 0. The van der Waals surface area contributed by atoms with Gasteiger partial charge in [-0.3, -0.25) is 24.7 Å². The van der Waals surface area contributed by atoms with Gasteiger partial charge in [-0.1, -0.05) is 13.0 Å². The Morgan fingerprint density at radius 2 is 2.00 bits per heavy atom. The minimum atomic E-state index is -0.408. The molecule has 0 aromatic heterocycles. The number of imide groups is 1. The second kappa shape index (κ2) is 8.60. The van der Waals surface area contributed by atoms with Gasteiger partial charge >= 0.3 is 0 Å². The molecule has 0 aromatic rings. The number of carbonyl (C=O) groups excluding carboxylic acids is 3. The lowest BCUT2D eigenvalue weighted by molar-refractivity contribution is -0.134. The predicted octanol–water partition coefficient (Wildman–Crippen LogP) is -0.292. The zero-order valence-corrected chi connectivity index (χ0v) is 9.15. The number of hydrogen-bond donors (Lipinski definition) is 2. The quantitative estimate of drug-likeness (QED) is 0.149. The Kier molecular flexibility index (Phi) is 7.70. The molecule has 16 heavy (non-hydrogen) atoms. The number of hydrazine groups is 1. The van der Waals surface area contributed by atoms with Crippen molar-refractivity contribution in [1.82, 2.24) is 10.3 Å². The molecule has 0 saturated heterocycles. The third kappa shape index (κ3) is 5.92. The van der Waals surface area contributed by atoms with Crippen LogP contribution in [0, 0.1) is 0 Å². The van der Waals surface area contributed by atoms with Gasteiger partial charge in [0.15, 0.2) is 0 Å². The van der Waals surface area contributed by atoms with Crippen molar-refractivity contribution in [2.45, 2.75) is 25.7 Å². The van der Waals surface area contributed by atoms with Crippen LogP contribution in [0.15, 0.2) is 12.7 Å². The molecule has 0 atom stereocenters. The second-order valence-corrected chi connectivity index (χ2v) is 3.22. The fraction of sp³-hybridized carbons (Fsp3) is 0.500. The van der Waals surface area contributed by atoms with Gasteiger partial charge < -0.3 is 0 Å². The molecule has 0 saturated carbocycles. The molecule has 6 nitrogen and oxygen atoms in total. The largest absolute Gasteiger partial charge is 0.294 e. The zero-order valence-electron chi connectivity index (χ0n) is 9.15. The Morgan fingerprint density at radius 1 is 1.31 bits per heavy atom. The predicted molar refractivity (Wildman–Crippen MR) is 58.8 cm³/mol. The van der Waals surface area contributed by atoms with Crippen LogP contribution in [-0.4, -0.2) is 29.7 Å². The van der Waals surface area contributed by atoms with E-state index in [1.165, 1.54) is 0 Å². The summed E-state index contributed by atoms with van der Waals surface area (Å²) >= 11 is 0. The van der Waals surface area contributed by atoms with Crippen molar-refractivity contribution in [3.8, 4) is 0 Å². The monoisotopic (exact) mass is 227 g/mol. The summed E-state index contributed by atoms with van der Waals surface area (Å²) in [5, 5.41) is 0. The molecule has 0 fully saturated rings. The molecule has 0 rings (SSSR count). The first-order valence-electron chi connectivity index (χ1n) is 5.03. The minimum Gasteiger partial charge on any atom is -0.294 e. The van der Waals surface area contributed by atoms with E-state index in [1.807, 2.05) is 5.43 Å². The van der Waals surface area contributed by atoms with E-state index in [1.54, 1.807) is 0 Å². The highest BCUT2D eigenvalue weighted by atomic mass is 16.2. The SMILES string of the molecule is C=CC(=O)N(C=O)CCCCCC(=O)NN. The Morgan fingerprint density at radius 3 is 2.50 bits per heavy atom. The van der Waals surface area contributed by atoms with Crippen molar-refractivity contribution in [2.75, 3.05) is 6.54 Å². The van der Waals surface area contributed by atoms with Crippen LogP contribution in [0.25, 0.3) is 0 Å². The van der Waals surface area contributed by atoms with Gasteiger partial charge in [-0.25, -0.2) is 5.84 Å². The van der Waals surface area contributed by atoms with Crippen LogP contribution in [0.3, 0.4) is 0 Å². The number of hydrogen-bond acceptors (Lipinski definition) is 4. The summed E-state index contributed by atoms with van der Waals surface area (Å²) in [7, 11) is 0. The lowest BCUT2D eigenvalue weighted by atomic mass is 10.2. The van der Waals surface area contributed by atoms with Crippen molar-refractivity contribution in [1.29, 1.82) is 0 Å². The topological polar surface area (TPSA) is 92.5 Å². The van der Waals surface area contributed by atoms with Gasteiger partial charge in [0.1, 0.15) is 0 Å². The number of unbranched alkanes of at least 4 members (excludes halogenated alkanes) is 2. The molecule has 0 unspecified atom stereocenters. The highest BCUT2D eigenvalue weighted by molar-refractivity contribution is 5.94. The van der Waals surface area contributed by atoms with Gasteiger partial charge in [-0.05, 0) is 18.9 Å².